The molecule has 21 heavy (non-hydrogen) atoms. The summed E-state index contributed by atoms with van der Waals surface area (Å²) in [5.74, 6) is 0.222. The maximum atomic E-state index is 12.3. The Bertz CT molecular complexity index is 700. The zero-order valence-corrected chi connectivity index (χ0v) is 13.4. The molecule has 0 unspecified atom stereocenters. The van der Waals surface area contributed by atoms with Crippen molar-refractivity contribution >= 4 is 34.0 Å². The van der Waals surface area contributed by atoms with Crippen LogP contribution >= 0.6 is 11.6 Å². The van der Waals surface area contributed by atoms with Gasteiger partial charge in [0.15, 0.2) is 0 Å². The highest BCUT2D eigenvalue weighted by Crippen LogP contribution is 2.22. The minimum atomic E-state index is -0.921. The van der Waals surface area contributed by atoms with E-state index in [0.29, 0.717) is 22.0 Å². The SMILES string of the molecule is Cc1c(C[S@](C)=O)cccc1NC(=O)c1ccccc1Cl. The predicted molar refractivity (Wildman–Crippen MR) is 88.4 cm³/mol. The molecule has 5 heteroatoms. The molecule has 2 aromatic rings. The van der Waals surface area contributed by atoms with Crippen LogP contribution in [0.5, 0.6) is 0 Å². The van der Waals surface area contributed by atoms with E-state index >= 15 is 0 Å². The Morgan fingerprint density at radius 1 is 1.19 bits per heavy atom. The number of nitrogens with one attached hydrogen (secondary N) is 1. The van der Waals surface area contributed by atoms with Gasteiger partial charge < -0.3 is 5.32 Å². The number of amides is 1. The lowest BCUT2D eigenvalue weighted by molar-refractivity contribution is 0.102. The van der Waals surface area contributed by atoms with Crippen LogP contribution in [0.15, 0.2) is 42.5 Å². The maximum absolute atomic E-state index is 12.3. The summed E-state index contributed by atoms with van der Waals surface area (Å²) in [7, 11) is -0.921. The van der Waals surface area contributed by atoms with Crippen molar-refractivity contribution < 1.29 is 9.00 Å². The molecule has 0 aliphatic heterocycles. The van der Waals surface area contributed by atoms with Crippen molar-refractivity contribution in [2.75, 3.05) is 11.6 Å². The van der Waals surface area contributed by atoms with E-state index in [1.165, 1.54) is 0 Å². The molecule has 0 bridgehead atoms. The van der Waals surface area contributed by atoms with Crippen LogP contribution in [0.25, 0.3) is 0 Å². The van der Waals surface area contributed by atoms with Crippen molar-refractivity contribution in [3.8, 4) is 0 Å². The van der Waals surface area contributed by atoms with Crippen molar-refractivity contribution in [2.24, 2.45) is 0 Å². The highest BCUT2D eigenvalue weighted by molar-refractivity contribution is 7.83. The Morgan fingerprint density at radius 3 is 2.57 bits per heavy atom. The molecule has 0 fully saturated rings. The zero-order valence-electron chi connectivity index (χ0n) is 11.9. The van der Waals surface area contributed by atoms with E-state index in [1.54, 1.807) is 30.5 Å². The predicted octanol–water partition coefficient (Wildman–Crippen LogP) is 3.78. The first-order valence-electron chi connectivity index (χ1n) is 6.43. The van der Waals surface area contributed by atoms with Crippen LogP contribution in [0.2, 0.25) is 5.02 Å². The fraction of sp³-hybridized carbons (Fsp3) is 0.188. The molecule has 2 aromatic carbocycles. The van der Waals surface area contributed by atoms with Crippen LogP contribution < -0.4 is 5.32 Å². The second-order valence-electron chi connectivity index (χ2n) is 4.74. The number of carbonyl (C=O) groups is 1. The molecule has 0 heterocycles. The summed E-state index contributed by atoms with van der Waals surface area (Å²) in [4.78, 5) is 12.3. The molecular weight excluding hydrogens is 306 g/mol. The molecule has 0 aliphatic carbocycles. The van der Waals surface area contributed by atoms with Crippen LogP contribution in [0.1, 0.15) is 21.5 Å². The van der Waals surface area contributed by atoms with Gasteiger partial charge in [-0.25, -0.2) is 0 Å². The molecule has 0 aliphatic rings. The third kappa shape index (κ3) is 3.93. The topological polar surface area (TPSA) is 46.2 Å². The maximum Gasteiger partial charge on any atom is 0.257 e. The van der Waals surface area contributed by atoms with Gasteiger partial charge in [0.25, 0.3) is 5.91 Å². The van der Waals surface area contributed by atoms with Crippen LogP contribution in [0.4, 0.5) is 5.69 Å². The number of carbonyl (C=O) groups excluding carboxylic acids is 1. The van der Waals surface area contributed by atoms with Crippen molar-refractivity contribution in [3.63, 3.8) is 0 Å². The molecule has 3 nitrogen and oxygen atoms in total. The van der Waals surface area contributed by atoms with Crippen molar-refractivity contribution in [1.29, 1.82) is 0 Å². The number of anilines is 1. The Morgan fingerprint density at radius 2 is 1.90 bits per heavy atom. The first kappa shape index (κ1) is 15.7. The second-order valence-corrected chi connectivity index (χ2v) is 6.58. The fourth-order valence-electron chi connectivity index (χ4n) is 2.03. The third-order valence-electron chi connectivity index (χ3n) is 3.17. The van der Waals surface area contributed by atoms with Gasteiger partial charge in [-0.05, 0) is 36.2 Å². The molecule has 0 spiro atoms. The minimum absolute atomic E-state index is 0.251. The number of benzene rings is 2. The van der Waals surface area contributed by atoms with E-state index in [1.807, 2.05) is 25.1 Å². The largest absolute Gasteiger partial charge is 0.322 e. The average Bonchev–Trinajstić information content (AvgIpc) is 2.43. The first-order valence-corrected chi connectivity index (χ1v) is 8.54. The van der Waals surface area contributed by atoms with E-state index in [0.717, 1.165) is 11.1 Å². The molecular formula is C16H16ClNO2S. The van der Waals surface area contributed by atoms with Gasteiger partial charge in [-0.15, -0.1) is 0 Å². The van der Waals surface area contributed by atoms with Gasteiger partial charge in [0.1, 0.15) is 0 Å². The first-order chi connectivity index (χ1) is 9.99. The molecule has 0 saturated carbocycles. The van der Waals surface area contributed by atoms with E-state index in [-0.39, 0.29) is 5.91 Å². The lowest BCUT2D eigenvalue weighted by Gasteiger charge is -2.12. The van der Waals surface area contributed by atoms with Gasteiger partial charge in [0, 0.05) is 28.5 Å². The second kappa shape index (κ2) is 6.87. The highest BCUT2D eigenvalue weighted by Gasteiger charge is 2.12. The molecule has 2 rings (SSSR count). The van der Waals surface area contributed by atoms with Gasteiger partial charge in [-0.2, -0.15) is 0 Å². The normalized spacial score (nSPS) is 12.0. The number of rotatable bonds is 4. The zero-order chi connectivity index (χ0) is 15.4. The third-order valence-corrected chi connectivity index (χ3v) is 4.22. The highest BCUT2D eigenvalue weighted by atomic mass is 35.5. The Labute approximate surface area is 131 Å². The molecule has 110 valence electrons. The van der Waals surface area contributed by atoms with Gasteiger partial charge in [-0.3, -0.25) is 9.00 Å². The monoisotopic (exact) mass is 321 g/mol. The van der Waals surface area contributed by atoms with Gasteiger partial charge in [-0.1, -0.05) is 35.9 Å². The molecule has 0 saturated heterocycles. The Balaban J connectivity index is 2.26. The number of hydrogen-bond donors (Lipinski definition) is 1. The van der Waals surface area contributed by atoms with E-state index < -0.39 is 10.8 Å². The Hall–Kier alpha value is -1.65. The van der Waals surface area contributed by atoms with Crippen LogP contribution in [0.3, 0.4) is 0 Å². The summed E-state index contributed by atoms with van der Waals surface area (Å²) in [5.41, 5.74) is 3.03. The molecule has 0 aromatic heterocycles. The van der Waals surface area contributed by atoms with Crippen LogP contribution in [-0.4, -0.2) is 16.4 Å². The standard InChI is InChI=1S/C16H16ClNO2S/c1-11-12(10-21(2)20)6-5-9-15(11)18-16(19)13-7-3-4-8-14(13)17/h3-9H,10H2,1-2H3,(H,18,19)/t21-/m0/s1. The summed E-state index contributed by atoms with van der Waals surface area (Å²) < 4.78 is 11.4. The Kier molecular flexibility index (Phi) is 5.15. The summed E-state index contributed by atoms with van der Waals surface area (Å²) in [5, 5.41) is 3.27. The van der Waals surface area contributed by atoms with Gasteiger partial charge >= 0.3 is 0 Å². The average molecular weight is 322 g/mol. The lowest BCUT2D eigenvalue weighted by Crippen LogP contribution is -2.14. The van der Waals surface area contributed by atoms with Gasteiger partial charge in [0.05, 0.1) is 10.6 Å². The number of halogens is 1. The van der Waals surface area contributed by atoms with Crippen molar-refractivity contribution in [2.45, 2.75) is 12.7 Å². The number of hydrogen-bond acceptors (Lipinski definition) is 2. The van der Waals surface area contributed by atoms with Crippen LogP contribution in [-0.2, 0) is 16.6 Å². The van der Waals surface area contributed by atoms with E-state index in [4.69, 9.17) is 11.6 Å². The fourth-order valence-corrected chi connectivity index (χ4v) is 3.00. The van der Waals surface area contributed by atoms with Gasteiger partial charge in [0.2, 0.25) is 0 Å². The van der Waals surface area contributed by atoms with Crippen molar-refractivity contribution in [3.05, 3.63) is 64.2 Å². The molecule has 1 N–H and O–H groups in total. The quantitative estimate of drug-likeness (QED) is 0.931. The molecule has 0 radical (unpaired) electrons. The summed E-state index contributed by atoms with van der Waals surface area (Å²) in [6.07, 6.45) is 1.66. The minimum Gasteiger partial charge on any atom is -0.322 e. The summed E-state index contributed by atoms with van der Waals surface area (Å²) >= 11 is 6.02. The van der Waals surface area contributed by atoms with Crippen molar-refractivity contribution in [1.82, 2.24) is 0 Å². The summed E-state index contributed by atoms with van der Waals surface area (Å²) in [6, 6.07) is 12.5. The van der Waals surface area contributed by atoms with Crippen LogP contribution in [0, 0.1) is 6.92 Å². The summed E-state index contributed by atoms with van der Waals surface area (Å²) in [6.45, 7) is 1.91. The van der Waals surface area contributed by atoms with E-state index in [2.05, 4.69) is 5.32 Å². The molecule has 1 atom stereocenters. The molecule has 1 amide bonds. The van der Waals surface area contributed by atoms with E-state index in [9.17, 15) is 9.00 Å². The smallest absolute Gasteiger partial charge is 0.257 e. The lowest BCUT2D eigenvalue weighted by atomic mass is 10.1.